The second kappa shape index (κ2) is 6.25. The summed E-state index contributed by atoms with van der Waals surface area (Å²) in [6, 6.07) is 2.46. The van der Waals surface area contributed by atoms with Crippen LogP contribution in [0.25, 0.3) is 6.08 Å². The lowest BCUT2D eigenvalue weighted by molar-refractivity contribution is -0.139. The van der Waals surface area contributed by atoms with E-state index in [1.54, 1.807) is 0 Å². The standard InChI is InChI=1S/C12H11F4N3O2/c1-6(10(20)21-19-11(17)18)5-7-8(12(14,15)16)3-2-4-9(7)13/h2-5H,1H3,(H4,17,18,19)/b6-5+. The number of rotatable bonds is 3. The van der Waals surface area contributed by atoms with Crippen molar-refractivity contribution in [3.8, 4) is 0 Å². The Bertz CT molecular complexity index is 605. The average molecular weight is 305 g/mol. The van der Waals surface area contributed by atoms with Crippen LogP contribution in [0.5, 0.6) is 0 Å². The third-order valence-electron chi connectivity index (χ3n) is 2.28. The molecule has 114 valence electrons. The lowest BCUT2D eigenvalue weighted by Gasteiger charge is -2.11. The lowest BCUT2D eigenvalue weighted by Crippen LogP contribution is -2.23. The molecule has 0 saturated carbocycles. The molecule has 0 aliphatic carbocycles. The zero-order valence-corrected chi connectivity index (χ0v) is 10.7. The molecule has 21 heavy (non-hydrogen) atoms. The number of alkyl halides is 3. The maximum atomic E-state index is 13.6. The molecule has 0 aliphatic rings. The van der Waals surface area contributed by atoms with Crippen LogP contribution in [0.3, 0.4) is 0 Å². The van der Waals surface area contributed by atoms with E-state index in [0.717, 1.165) is 19.1 Å². The van der Waals surface area contributed by atoms with Gasteiger partial charge in [-0.05, 0) is 30.3 Å². The van der Waals surface area contributed by atoms with Gasteiger partial charge in [0.25, 0.3) is 0 Å². The zero-order valence-electron chi connectivity index (χ0n) is 10.7. The van der Waals surface area contributed by atoms with Crippen LogP contribution in [0, 0.1) is 5.82 Å². The van der Waals surface area contributed by atoms with Gasteiger partial charge in [-0.25, -0.2) is 9.18 Å². The first-order valence-corrected chi connectivity index (χ1v) is 5.47. The van der Waals surface area contributed by atoms with E-state index in [1.807, 2.05) is 0 Å². The van der Waals surface area contributed by atoms with Crippen molar-refractivity contribution in [2.45, 2.75) is 13.1 Å². The van der Waals surface area contributed by atoms with Gasteiger partial charge >= 0.3 is 12.1 Å². The number of hydrogen-bond donors (Lipinski definition) is 2. The van der Waals surface area contributed by atoms with E-state index in [0.29, 0.717) is 12.1 Å². The fourth-order valence-electron chi connectivity index (χ4n) is 1.37. The van der Waals surface area contributed by atoms with Crippen molar-refractivity contribution >= 4 is 18.0 Å². The summed E-state index contributed by atoms with van der Waals surface area (Å²) < 4.78 is 51.9. The van der Waals surface area contributed by atoms with E-state index in [2.05, 4.69) is 9.99 Å². The normalized spacial score (nSPS) is 12.0. The summed E-state index contributed by atoms with van der Waals surface area (Å²) in [5, 5.41) is 2.95. The van der Waals surface area contributed by atoms with Crippen LogP contribution in [0.15, 0.2) is 28.9 Å². The smallest absolute Gasteiger partial charge is 0.367 e. The zero-order chi connectivity index (χ0) is 16.2. The molecule has 0 heterocycles. The number of carbonyl (C=O) groups excluding carboxylic acids is 1. The van der Waals surface area contributed by atoms with E-state index in [4.69, 9.17) is 11.5 Å². The summed E-state index contributed by atoms with van der Waals surface area (Å²) in [4.78, 5) is 15.6. The fourth-order valence-corrected chi connectivity index (χ4v) is 1.37. The van der Waals surface area contributed by atoms with Gasteiger partial charge in [0, 0.05) is 11.1 Å². The molecule has 9 heteroatoms. The van der Waals surface area contributed by atoms with Gasteiger partial charge in [0.1, 0.15) is 5.82 Å². The first-order valence-electron chi connectivity index (χ1n) is 5.47. The van der Waals surface area contributed by atoms with Crippen molar-refractivity contribution in [1.82, 2.24) is 0 Å². The molecule has 0 fully saturated rings. The Morgan fingerprint density at radius 2 is 1.95 bits per heavy atom. The number of carbonyl (C=O) groups is 1. The van der Waals surface area contributed by atoms with Gasteiger partial charge in [-0.2, -0.15) is 13.2 Å². The third-order valence-corrected chi connectivity index (χ3v) is 2.28. The van der Waals surface area contributed by atoms with E-state index in [-0.39, 0.29) is 5.57 Å². The summed E-state index contributed by atoms with van der Waals surface area (Å²) in [6.45, 7) is 1.14. The Morgan fingerprint density at radius 3 is 2.48 bits per heavy atom. The Hall–Kier alpha value is -2.58. The van der Waals surface area contributed by atoms with Crippen molar-refractivity contribution < 1.29 is 27.2 Å². The number of benzene rings is 1. The molecule has 0 aromatic heterocycles. The van der Waals surface area contributed by atoms with Gasteiger partial charge in [-0.15, -0.1) is 0 Å². The lowest BCUT2D eigenvalue weighted by atomic mass is 10.0. The summed E-state index contributed by atoms with van der Waals surface area (Å²) in [5.74, 6) is -2.78. The summed E-state index contributed by atoms with van der Waals surface area (Å²) in [5.41, 5.74) is 7.55. The SMILES string of the molecule is C/C(=C\c1c(F)cccc1C(F)(F)F)C(=O)ON=C(N)N. The summed E-state index contributed by atoms with van der Waals surface area (Å²) in [7, 11) is 0. The van der Waals surface area contributed by atoms with Gasteiger partial charge in [-0.3, -0.25) is 0 Å². The summed E-state index contributed by atoms with van der Waals surface area (Å²) in [6.07, 6.45) is -4.05. The molecule has 0 bridgehead atoms. The predicted molar refractivity (Wildman–Crippen MR) is 67.0 cm³/mol. The number of oxime groups is 1. The second-order valence-corrected chi connectivity index (χ2v) is 3.92. The first kappa shape index (κ1) is 16.5. The van der Waals surface area contributed by atoms with Crippen molar-refractivity contribution in [3.63, 3.8) is 0 Å². The quantitative estimate of drug-likeness (QED) is 0.223. The monoisotopic (exact) mass is 305 g/mol. The highest BCUT2D eigenvalue weighted by Gasteiger charge is 2.34. The van der Waals surface area contributed by atoms with Crippen LogP contribution in [0.4, 0.5) is 17.6 Å². The maximum Gasteiger partial charge on any atom is 0.417 e. The van der Waals surface area contributed by atoms with Gasteiger partial charge < -0.3 is 16.3 Å². The van der Waals surface area contributed by atoms with Crippen LogP contribution >= 0.6 is 0 Å². The fraction of sp³-hybridized carbons (Fsp3) is 0.167. The number of halogens is 4. The topological polar surface area (TPSA) is 90.7 Å². The van der Waals surface area contributed by atoms with Crippen molar-refractivity contribution in [3.05, 3.63) is 40.7 Å². The van der Waals surface area contributed by atoms with E-state index >= 15 is 0 Å². The third kappa shape index (κ3) is 4.48. The average Bonchev–Trinajstić information content (AvgIpc) is 2.36. The molecule has 0 unspecified atom stereocenters. The molecule has 0 radical (unpaired) electrons. The number of nitrogens with two attached hydrogens (primary N) is 2. The predicted octanol–water partition coefficient (Wildman–Crippen LogP) is 1.98. The Labute approximate surface area is 116 Å². The van der Waals surface area contributed by atoms with Gasteiger partial charge in [-0.1, -0.05) is 6.07 Å². The Balaban J connectivity index is 3.20. The van der Waals surface area contributed by atoms with Gasteiger partial charge in [0.15, 0.2) is 0 Å². The first-order chi connectivity index (χ1) is 9.62. The minimum atomic E-state index is -4.77. The molecule has 0 aliphatic heterocycles. The summed E-state index contributed by atoms with van der Waals surface area (Å²) >= 11 is 0. The van der Waals surface area contributed by atoms with Crippen molar-refractivity contribution in [2.24, 2.45) is 16.6 Å². The van der Waals surface area contributed by atoms with Crippen molar-refractivity contribution in [2.75, 3.05) is 0 Å². The second-order valence-electron chi connectivity index (χ2n) is 3.92. The molecule has 1 rings (SSSR count). The minimum absolute atomic E-state index is 0.310. The number of nitrogens with zero attached hydrogens (tertiary/aromatic N) is 1. The molecule has 0 saturated heterocycles. The largest absolute Gasteiger partial charge is 0.417 e. The Kier molecular flexibility index (Phi) is 4.90. The van der Waals surface area contributed by atoms with E-state index in [9.17, 15) is 22.4 Å². The van der Waals surface area contributed by atoms with Gasteiger partial charge in [0.2, 0.25) is 5.96 Å². The highest BCUT2D eigenvalue weighted by molar-refractivity contribution is 5.93. The molecular formula is C12H11F4N3O2. The number of guanidine groups is 1. The van der Waals surface area contributed by atoms with Crippen LogP contribution in [-0.4, -0.2) is 11.9 Å². The van der Waals surface area contributed by atoms with Crippen LogP contribution in [0.1, 0.15) is 18.1 Å². The Morgan fingerprint density at radius 1 is 1.33 bits per heavy atom. The molecule has 4 N–H and O–H groups in total. The highest BCUT2D eigenvalue weighted by atomic mass is 19.4. The number of hydrogen-bond acceptors (Lipinski definition) is 3. The molecule has 0 atom stereocenters. The maximum absolute atomic E-state index is 13.6. The van der Waals surface area contributed by atoms with E-state index in [1.165, 1.54) is 0 Å². The molecule has 5 nitrogen and oxygen atoms in total. The van der Waals surface area contributed by atoms with Crippen LogP contribution < -0.4 is 11.5 Å². The van der Waals surface area contributed by atoms with E-state index < -0.39 is 35.0 Å². The van der Waals surface area contributed by atoms with Crippen LogP contribution in [-0.2, 0) is 15.8 Å². The molecular weight excluding hydrogens is 294 g/mol. The molecule has 1 aromatic carbocycles. The minimum Gasteiger partial charge on any atom is -0.367 e. The van der Waals surface area contributed by atoms with Crippen LogP contribution in [0.2, 0.25) is 0 Å². The highest BCUT2D eigenvalue weighted by Crippen LogP contribution is 2.34. The molecule has 1 aromatic rings. The van der Waals surface area contributed by atoms with Gasteiger partial charge in [0.05, 0.1) is 5.56 Å². The molecule has 0 spiro atoms. The molecule has 0 amide bonds. The van der Waals surface area contributed by atoms with Crippen molar-refractivity contribution in [1.29, 1.82) is 0 Å².